The maximum absolute atomic E-state index is 10.4. The maximum atomic E-state index is 10.4. The van der Waals surface area contributed by atoms with E-state index >= 15 is 0 Å². The van der Waals surface area contributed by atoms with E-state index in [0.717, 1.165) is 0 Å². The number of oxazole rings is 2. The average molecular weight is 749 g/mol. The number of nitrogens with two attached hydrogens (primary N) is 1. The molecule has 36 heavy (non-hydrogen) atoms. The molecule has 0 amide bonds. The normalized spacial score (nSPS) is 10.4. The number of rotatable bonds is 2. The molecular weight excluding hydrogens is 731 g/mol. The summed E-state index contributed by atoms with van der Waals surface area (Å²) >= 11 is 10.4. The van der Waals surface area contributed by atoms with E-state index in [1.165, 1.54) is 47.7 Å². The summed E-state index contributed by atoms with van der Waals surface area (Å²) in [5, 5.41) is 30.6. The number of nitrogens with zero attached hydrogens (tertiary/aromatic N) is 5. The van der Waals surface area contributed by atoms with E-state index in [4.69, 9.17) is 14.6 Å². The van der Waals surface area contributed by atoms with Crippen molar-refractivity contribution in [3.8, 4) is 0 Å². The van der Waals surface area contributed by atoms with Gasteiger partial charge in [-0.25, -0.2) is 4.98 Å². The van der Waals surface area contributed by atoms with Gasteiger partial charge in [-0.2, -0.15) is 4.98 Å². The van der Waals surface area contributed by atoms with Gasteiger partial charge in [0.05, 0.1) is 9.85 Å². The molecule has 4 aromatic rings. The van der Waals surface area contributed by atoms with Crippen LogP contribution in [0.2, 0.25) is 0 Å². The van der Waals surface area contributed by atoms with E-state index in [9.17, 15) is 30.3 Å². The molecular formula is C18H17Br3CuN6O8. The van der Waals surface area contributed by atoms with Crippen molar-refractivity contribution < 1.29 is 34.9 Å². The monoisotopic (exact) mass is 745 g/mol. The molecule has 0 aliphatic heterocycles. The van der Waals surface area contributed by atoms with Gasteiger partial charge in [-0.3, -0.25) is 30.3 Å². The van der Waals surface area contributed by atoms with Gasteiger partial charge in [0.2, 0.25) is 5.54 Å². The summed E-state index contributed by atoms with van der Waals surface area (Å²) in [6.07, 6.45) is 0. The third-order valence-corrected chi connectivity index (χ3v) is 4.04. The summed E-state index contributed by atoms with van der Waals surface area (Å²) in [5.41, 5.74) is 6.31. The quantitative estimate of drug-likeness (QED) is 0.132. The zero-order chi connectivity index (χ0) is 27.6. The molecule has 2 heterocycles. The predicted octanol–water partition coefficient (Wildman–Crippen LogP) is 6.57. The van der Waals surface area contributed by atoms with E-state index < -0.39 is 15.4 Å². The van der Waals surface area contributed by atoms with Crippen LogP contribution in [0.4, 0.5) is 17.4 Å². The number of halogens is 3. The van der Waals surface area contributed by atoms with Gasteiger partial charge in [-0.15, -0.1) is 0 Å². The Bertz CT molecular complexity index is 1270. The molecule has 18 heteroatoms. The van der Waals surface area contributed by atoms with Gasteiger partial charge < -0.3 is 14.6 Å². The van der Waals surface area contributed by atoms with Crippen LogP contribution in [0.5, 0.6) is 0 Å². The van der Waals surface area contributed by atoms with Crippen LogP contribution in [0.25, 0.3) is 22.2 Å². The number of fused-ring (bicyclic) bond motifs is 2. The number of nitro groups is 3. The van der Waals surface area contributed by atoms with Crippen LogP contribution in [-0.2, 0) is 11.3 Å². The van der Waals surface area contributed by atoms with Crippen molar-refractivity contribution >= 4 is 83.7 Å². The molecule has 199 valence electrons. The number of non-ortho nitro benzene ring substituents is 2. The van der Waals surface area contributed by atoms with Crippen molar-refractivity contribution in [1.82, 2.24) is 9.97 Å². The molecule has 0 saturated heterocycles. The van der Waals surface area contributed by atoms with Crippen molar-refractivity contribution in [3.63, 3.8) is 0 Å². The summed E-state index contributed by atoms with van der Waals surface area (Å²) in [4.78, 5) is 37.3. The number of benzene rings is 2. The Morgan fingerprint density at radius 3 is 1.64 bits per heavy atom. The Kier molecular flexibility index (Phi) is 12.4. The first kappa shape index (κ1) is 31.4. The first-order valence-corrected chi connectivity index (χ1v) is 14.6. The van der Waals surface area contributed by atoms with Crippen LogP contribution >= 0.6 is 44.2 Å². The Labute approximate surface area is 231 Å². The van der Waals surface area contributed by atoms with Gasteiger partial charge in [0.1, 0.15) is 11.0 Å². The van der Waals surface area contributed by atoms with Gasteiger partial charge in [0.25, 0.3) is 22.2 Å². The second kappa shape index (κ2) is 14.2. The minimum atomic E-state index is -0.778. The van der Waals surface area contributed by atoms with Crippen molar-refractivity contribution in [2.24, 2.45) is 0 Å². The summed E-state index contributed by atoms with van der Waals surface area (Å²) in [6.45, 7) is 4.69. The summed E-state index contributed by atoms with van der Waals surface area (Å²) in [7, 11) is 0. The molecule has 0 saturated carbocycles. The van der Waals surface area contributed by atoms with Crippen LogP contribution < -0.4 is 5.73 Å². The van der Waals surface area contributed by atoms with Crippen LogP contribution in [0.15, 0.2) is 50.0 Å². The van der Waals surface area contributed by atoms with E-state index in [-0.39, 0.29) is 22.3 Å². The SMILES string of the molecule is CC(C)(C)[N+](=O)[O-].Nc1nc2cc([N+](=O)[O-])ccc2o1.O=[N+]([O-])c1ccc2oc(Br)nc2c1.[Br][Cu][Br]. The topological polar surface area (TPSA) is 207 Å². The first-order chi connectivity index (χ1) is 16.7. The van der Waals surface area contributed by atoms with Crippen LogP contribution in [0.3, 0.4) is 0 Å². The van der Waals surface area contributed by atoms with E-state index in [1.54, 1.807) is 20.8 Å². The van der Waals surface area contributed by atoms with E-state index in [2.05, 4.69) is 54.1 Å². The molecule has 0 radical (unpaired) electrons. The fraction of sp³-hybridized carbons (Fsp3) is 0.222. The van der Waals surface area contributed by atoms with Crippen molar-refractivity contribution in [2.45, 2.75) is 26.3 Å². The summed E-state index contributed by atoms with van der Waals surface area (Å²) in [5.74, 6) is 0. The van der Waals surface area contributed by atoms with Crippen molar-refractivity contribution in [2.75, 3.05) is 5.73 Å². The molecule has 0 bridgehead atoms. The molecule has 0 aliphatic carbocycles. The van der Waals surface area contributed by atoms with Crippen LogP contribution in [-0.4, -0.2) is 30.3 Å². The molecule has 2 aromatic heterocycles. The number of hydrogen-bond donors (Lipinski definition) is 1. The third-order valence-electron chi connectivity index (χ3n) is 3.70. The Hall–Kier alpha value is -2.66. The average Bonchev–Trinajstić information content (AvgIpc) is 3.33. The summed E-state index contributed by atoms with van der Waals surface area (Å²) in [6, 6.07) is 8.39. The van der Waals surface area contributed by atoms with Gasteiger partial charge >= 0.3 is 39.6 Å². The van der Waals surface area contributed by atoms with E-state index in [0.29, 0.717) is 27.0 Å². The fourth-order valence-electron chi connectivity index (χ4n) is 2.05. The second-order valence-corrected chi connectivity index (χ2v) is 12.7. The molecule has 0 spiro atoms. The zero-order valence-electron chi connectivity index (χ0n) is 18.5. The Morgan fingerprint density at radius 2 is 1.25 bits per heavy atom. The first-order valence-electron chi connectivity index (χ1n) is 9.16. The summed E-state index contributed by atoms with van der Waals surface area (Å²) < 4.78 is 10.0. The minimum absolute atomic E-state index is 0.00769. The van der Waals surface area contributed by atoms with Gasteiger partial charge in [0.15, 0.2) is 11.2 Å². The fourth-order valence-corrected chi connectivity index (χ4v) is 2.41. The van der Waals surface area contributed by atoms with E-state index in [1.807, 2.05) is 0 Å². The van der Waals surface area contributed by atoms with Crippen LogP contribution in [0, 0.1) is 30.3 Å². The molecule has 2 aromatic carbocycles. The predicted molar refractivity (Wildman–Crippen MR) is 138 cm³/mol. The molecule has 0 unspecified atom stereocenters. The second-order valence-electron chi connectivity index (χ2n) is 7.31. The van der Waals surface area contributed by atoms with Gasteiger partial charge in [0, 0.05) is 65.9 Å². The van der Waals surface area contributed by atoms with Crippen molar-refractivity contribution in [3.05, 3.63) is 71.5 Å². The standard InChI is InChI=1S/C7H3BrN2O3.C7H5N3O3.C4H9NO2.2BrH.Cu/c2*8-7-9-5-3-4(10(11)12)1-2-6(5)13-7;1-4(2,3)5(6)7;;;/h1-3H;1-3H,(H2,8,9);1-3H3;2*1H;/q;;;;;+2/p-2. The van der Waals surface area contributed by atoms with Crippen molar-refractivity contribution in [1.29, 1.82) is 0 Å². The number of nitrogen functional groups attached to an aromatic ring is 1. The molecule has 0 atom stereocenters. The molecule has 14 nitrogen and oxygen atoms in total. The number of hydrogen-bond acceptors (Lipinski definition) is 11. The number of anilines is 1. The Balaban J connectivity index is 0.000000267. The third kappa shape index (κ3) is 10.1. The van der Waals surface area contributed by atoms with Gasteiger partial charge in [-0.05, 0) is 12.1 Å². The molecule has 0 fully saturated rings. The van der Waals surface area contributed by atoms with Crippen LogP contribution in [0.1, 0.15) is 20.8 Å². The molecule has 4 rings (SSSR count). The number of aromatic nitrogens is 2. The number of nitro benzene ring substituents is 2. The molecule has 2 N–H and O–H groups in total. The Morgan fingerprint density at radius 1 is 0.861 bits per heavy atom. The molecule has 0 aliphatic rings. The van der Waals surface area contributed by atoms with Gasteiger partial charge in [-0.1, -0.05) is 0 Å². The zero-order valence-corrected chi connectivity index (χ0v) is 24.2.